The minimum absolute atomic E-state index is 0.137. The van der Waals surface area contributed by atoms with Crippen molar-refractivity contribution in [1.29, 1.82) is 0 Å². The van der Waals surface area contributed by atoms with Gasteiger partial charge in [0.05, 0.1) is 6.54 Å². The van der Waals surface area contributed by atoms with E-state index >= 15 is 0 Å². The fourth-order valence-electron chi connectivity index (χ4n) is 3.11. The van der Waals surface area contributed by atoms with Crippen LogP contribution in [0.1, 0.15) is 22.3 Å². The van der Waals surface area contributed by atoms with Crippen LogP contribution in [-0.2, 0) is 13.1 Å². The smallest absolute Gasteiger partial charge is 0.268 e. The van der Waals surface area contributed by atoms with Crippen LogP contribution >= 0.6 is 0 Å². The minimum atomic E-state index is -0.137. The fourth-order valence-corrected chi connectivity index (χ4v) is 3.11. The Labute approximate surface area is 169 Å². The van der Waals surface area contributed by atoms with Crippen molar-refractivity contribution in [2.75, 3.05) is 5.32 Å². The number of aliphatic imine (C=N–C) groups is 1. The Bertz CT molecular complexity index is 1200. The summed E-state index contributed by atoms with van der Waals surface area (Å²) in [6.07, 6.45) is 3.39. The van der Waals surface area contributed by atoms with Gasteiger partial charge >= 0.3 is 0 Å². The van der Waals surface area contributed by atoms with Gasteiger partial charge in [-0.25, -0.2) is 4.98 Å². The van der Waals surface area contributed by atoms with Gasteiger partial charge in [-0.3, -0.25) is 14.2 Å². The lowest BCUT2D eigenvalue weighted by atomic mass is 10.2. The summed E-state index contributed by atoms with van der Waals surface area (Å²) in [6.45, 7) is 3.07. The molecule has 0 spiro atoms. The second kappa shape index (κ2) is 8.52. The standard InChI is InChI=1S/C24H22N4O/c1-18-12-13-28-22(14-18)27-23(26-16-20-10-6-3-7-11-20)21(24(28)29)17-25-15-19-8-4-2-5-9-19/h2-14,17,26H,15-16H2,1H3. The zero-order valence-corrected chi connectivity index (χ0v) is 16.2. The second-order valence-electron chi connectivity index (χ2n) is 6.91. The molecule has 0 bridgehead atoms. The van der Waals surface area contributed by atoms with Crippen LogP contribution in [0.4, 0.5) is 5.82 Å². The molecule has 0 fully saturated rings. The molecule has 0 saturated heterocycles. The fraction of sp³-hybridized carbons (Fsp3) is 0.125. The van der Waals surface area contributed by atoms with Gasteiger partial charge in [0.15, 0.2) is 0 Å². The molecule has 0 radical (unpaired) electrons. The van der Waals surface area contributed by atoms with Crippen LogP contribution in [-0.4, -0.2) is 15.6 Å². The van der Waals surface area contributed by atoms with Crippen molar-refractivity contribution >= 4 is 17.7 Å². The van der Waals surface area contributed by atoms with Crippen LogP contribution in [0.25, 0.3) is 5.65 Å². The van der Waals surface area contributed by atoms with Gasteiger partial charge in [-0.1, -0.05) is 60.7 Å². The molecule has 144 valence electrons. The van der Waals surface area contributed by atoms with E-state index in [1.165, 1.54) is 0 Å². The van der Waals surface area contributed by atoms with Gasteiger partial charge in [0, 0.05) is 19.0 Å². The molecule has 29 heavy (non-hydrogen) atoms. The van der Waals surface area contributed by atoms with Gasteiger partial charge in [-0.2, -0.15) is 0 Å². The third-order valence-corrected chi connectivity index (χ3v) is 4.66. The summed E-state index contributed by atoms with van der Waals surface area (Å²) in [5.41, 5.74) is 4.20. The summed E-state index contributed by atoms with van der Waals surface area (Å²) in [4.78, 5) is 22.3. The largest absolute Gasteiger partial charge is 0.365 e. The zero-order chi connectivity index (χ0) is 20.1. The molecule has 0 amide bonds. The summed E-state index contributed by atoms with van der Waals surface area (Å²) < 4.78 is 1.56. The van der Waals surface area contributed by atoms with Gasteiger partial charge in [0.1, 0.15) is 17.0 Å². The van der Waals surface area contributed by atoms with Crippen molar-refractivity contribution in [2.45, 2.75) is 20.0 Å². The lowest BCUT2D eigenvalue weighted by Gasteiger charge is -2.11. The maximum Gasteiger partial charge on any atom is 0.268 e. The first-order chi connectivity index (χ1) is 14.2. The van der Waals surface area contributed by atoms with E-state index in [-0.39, 0.29) is 5.56 Å². The molecule has 0 atom stereocenters. The Balaban J connectivity index is 1.70. The number of hydrogen-bond acceptors (Lipinski definition) is 4. The first-order valence-electron chi connectivity index (χ1n) is 9.55. The normalized spacial score (nSPS) is 11.2. The highest BCUT2D eigenvalue weighted by molar-refractivity contribution is 5.86. The maximum absolute atomic E-state index is 13.1. The Morgan fingerprint density at radius 1 is 1.00 bits per heavy atom. The lowest BCUT2D eigenvalue weighted by Crippen LogP contribution is -2.22. The highest BCUT2D eigenvalue weighted by atomic mass is 16.1. The highest BCUT2D eigenvalue weighted by Crippen LogP contribution is 2.13. The molecule has 1 N–H and O–H groups in total. The Morgan fingerprint density at radius 2 is 1.69 bits per heavy atom. The topological polar surface area (TPSA) is 58.8 Å². The number of rotatable bonds is 6. The first-order valence-corrected chi connectivity index (χ1v) is 9.55. The third-order valence-electron chi connectivity index (χ3n) is 4.66. The predicted octanol–water partition coefficient (Wildman–Crippen LogP) is 4.23. The van der Waals surface area contributed by atoms with Crippen LogP contribution in [0, 0.1) is 6.92 Å². The number of fused-ring (bicyclic) bond motifs is 1. The van der Waals surface area contributed by atoms with Crippen molar-refractivity contribution in [3.8, 4) is 0 Å². The number of hydrogen-bond donors (Lipinski definition) is 1. The van der Waals surface area contributed by atoms with Crippen LogP contribution in [0.5, 0.6) is 0 Å². The molecule has 0 aliphatic rings. The third kappa shape index (κ3) is 4.41. The number of pyridine rings is 1. The van der Waals surface area contributed by atoms with E-state index in [0.29, 0.717) is 30.1 Å². The maximum atomic E-state index is 13.1. The number of anilines is 1. The van der Waals surface area contributed by atoms with Crippen molar-refractivity contribution < 1.29 is 0 Å². The van der Waals surface area contributed by atoms with E-state index in [4.69, 9.17) is 4.98 Å². The number of benzene rings is 2. The number of nitrogens with zero attached hydrogens (tertiary/aromatic N) is 3. The Morgan fingerprint density at radius 3 is 2.41 bits per heavy atom. The molecule has 0 aliphatic heterocycles. The average molecular weight is 382 g/mol. The van der Waals surface area contributed by atoms with Crippen molar-refractivity contribution in [1.82, 2.24) is 9.38 Å². The van der Waals surface area contributed by atoms with Gasteiger partial charge in [-0.05, 0) is 35.7 Å². The average Bonchev–Trinajstić information content (AvgIpc) is 2.75. The molecular formula is C24H22N4O. The summed E-state index contributed by atoms with van der Waals surface area (Å²) in [7, 11) is 0. The van der Waals surface area contributed by atoms with Crippen LogP contribution in [0.3, 0.4) is 0 Å². The summed E-state index contributed by atoms with van der Waals surface area (Å²) in [5.74, 6) is 0.543. The first kappa shape index (κ1) is 18.6. The van der Waals surface area contributed by atoms with Gasteiger partial charge in [-0.15, -0.1) is 0 Å². The molecule has 0 saturated carbocycles. The molecular weight excluding hydrogens is 360 g/mol. The molecule has 2 heterocycles. The van der Waals surface area contributed by atoms with E-state index in [0.717, 1.165) is 16.7 Å². The lowest BCUT2D eigenvalue weighted by molar-refractivity contribution is 1.01. The van der Waals surface area contributed by atoms with Crippen molar-refractivity contribution in [3.05, 3.63) is 112 Å². The van der Waals surface area contributed by atoms with E-state index in [2.05, 4.69) is 10.3 Å². The molecule has 2 aromatic carbocycles. The second-order valence-corrected chi connectivity index (χ2v) is 6.91. The molecule has 0 unspecified atom stereocenters. The molecule has 2 aromatic heterocycles. The van der Waals surface area contributed by atoms with Gasteiger partial charge in [0.25, 0.3) is 5.56 Å². The van der Waals surface area contributed by atoms with Crippen LogP contribution < -0.4 is 10.9 Å². The van der Waals surface area contributed by atoms with Crippen LogP contribution in [0.2, 0.25) is 0 Å². The van der Waals surface area contributed by atoms with E-state index < -0.39 is 0 Å². The molecule has 0 aliphatic carbocycles. The molecule has 4 rings (SSSR count). The number of nitrogens with one attached hydrogen (secondary N) is 1. The zero-order valence-electron chi connectivity index (χ0n) is 16.2. The monoisotopic (exact) mass is 382 g/mol. The minimum Gasteiger partial charge on any atom is -0.365 e. The highest BCUT2D eigenvalue weighted by Gasteiger charge is 2.11. The van der Waals surface area contributed by atoms with Crippen molar-refractivity contribution in [2.24, 2.45) is 4.99 Å². The predicted molar refractivity (Wildman–Crippen MR) is 118 cm³/mol. The Kier molecular flexibility index (Phi) is 5.47. The molecule has 5 heteroatoms. The summed E-state index contributed by atoms with van der Waals surface area (Å²) in [5, 5.41) is 3.31. The van der Waals surface area contributed by atoms with Crippen molar-refractivity contribution in [3.63, 3.8) is 0 Å². The van der Waals surface area contributed by atoms with Gasteiger partial charge < -0.3 is 5.32 Å². The van der Waals surface area contributed by atoms with E-state index in [1.54, 1.807) is 16.8 Å². The van der Waals surface area contributed by atoms with Gasteiger partial charge in [0.2, 0.25) is 0 Å². The quantitative estimate of drug-likeness (QED) is 0.508. The SMILES string of the molecule is Cc1ccn2c(=O)c(C=NCc3ccccc3)c(NCc3ccccc3)nc2c1. The van der Waals surface area contributed by atoms with E-state index in [1.807, 2.05) is 79.7 Å². The number of aryl methyl sites for hydroxylation is 1. The van der Waals surface area contributed by atoms with Crippen LogP contribution in [0.15, 0.2) is 88.8 Å². The molecule has 5 nitrogen and oxygen atoms in total. The molecule has 4 aromatic rings. The Hall–Kier alpha value is -3.73. The summed E-state index contributed by atoms with van der Waals surface area (Å²) >= 11 is 0. The number of aromatic nitrogens is 2. The van der Waals surface area contributed by atoms with E-state index in [9.17, 15) is 4.79 Å². The summed E-state index contributed by atoms with van der Waals surface area (Å²) in [6, 6.07) is 23.8.